The van der Waals surface area contributed by atoms with Gasteiger partial charge in [-0.1, -0.05) is 13.0 Å². The van der Waals surface area contributed by atoms with Crippen molar-refractivity contribution in [3.63, 3.8) is 0 Å². The molecule has 1 rings (SSSR count). The molecule has 0 aliphatic carbocycles. The highest BCUT2D eigenvalue weighted by atomic mass is 16.5. The molecular weight excluding hydrogens is 202 g/mol. The van der Waals surface area contributed by atoms with Crippen LogP contribution in [-0.4, -0.2) is 24.2 Å². The topological polar surface area (TPSA) is 60.2 Å². The van der Waals surface area contributed by atoms with Crippen molar-refractivity contribution >= 4 is 5.82 Å². The molecule has 0 aliphatic rings. The van der Waals surface area contributed by atoms with Crippen molar-refractivity contribution in [2.45, 2.75) is 32.2 Å². The van der Waals surface area contributed by atoms with Crippen LogP contribution in [0.3, 0.4) is 0 Å². The van der Waals surface area contributed by atoms with Crippen molar-refractivity contribution in [1.29, 1.82) is 0 Å². The van der Waals surface area contributed by atoms with Gasteiger partial charge in [0.15, 0.2) is 0 Å². The summed E-state index contributed by atoms with van der Waals surface area (Å²) in [5.74, 6) is 1.45. The Morgan fingerprint density at radius 1 is 1.50 bits per heavy atom. The van der Waals surface area contributed by atoms with E-state index in [1.54, 1.807) is 7.11 Å². The van der Waals surface area contributed by atoms with Gasteiger partial charge in [-0.3, -0.25) is 0 Å². The molecule has 0 radical (unpaired) electrons. The second-order valence-electron chi connectivity index (χ2n) is 4.14. The van der Waals surface area contributed by atoms with Crippen LogP contribution in [-0.2, 0) is 0 Å². The Balaban J connectivity index is 2.77. The average Bonchev–Trinajstić information content (AvgIpc) is 2.29. The smallest absolute Gasteiger partial charge is 0.214 e. The highest BCUT2D eigenvalue weighted by molar-refractivity contribution is 5.39. The van der Waals surface area contributed by atoms with Gasteiger partial charge in [-0.25, -0.2) is 0 Å². The molecule has 1 heterocycles. The van der Waals surface area contributed by atoms with Crippen molar-refractivity contribution in [3.8, 4) is 5.88 Å². The van der Waals surface area contributed by atoms with Crippen LogP contribution in [0.2, 0.25) is 0 Å². The number of nitrogens with two attached hydrogens (primary N) is 1. The molecule has 4 nitrogen and oxygen atoms in total. The highest BCUT2D eigenvalue weighted by Crippen LogP contribution is 2.21. The lowest BCUT2D eigenvalue weighted by molar-refractivity contribution is 0.397. The average molecular weight is 223 g/mol. The molecule has 16 heavy (non-hydrogen) atoms. The first-order valence-electron chi connectivity index (χ1n) is 5.63. The van der Waals surface area contributed by atoms with Crippen LogP contribution >= 0.6 is 0 Å². The number of pyridine rings is 1. The first kappa shape index (κ1) is 12.8. The van der Waals surface area contributed by atoms with Gasteiger partial charge in [-0.05, 0) is 32.4 Å². The van der Waals surface area contributed by atoms with Crippen LogP contribution in [0.1, 0.15) is 26.7 Å². The van der Waals surface area contributed by atoms with E-state index in [2.05, 4.69) is 24.1 Å². The summed E-state index contributed by atoms with van der Waals surface area (Å²) in [4.78, 5) is 4.33. The van der Waals surface area contributed by atoms with Gasteiger partial charge >= 0.3 is 0 Å². The van der Waals surface area contributed by atoms with Crippen LogP contribution in [0, 0.1) is 0 Å². The number of anilines is 1. The summed E-state index contributed by atoms with van der Waals surface area (Å²) in [6.07, 6.45) is 1.92. The fourth-order valence-electron chi connectivity index (χ4n) is 1.55. The van der Waals surface area contributed by atoms with Gasteiger partial charge in [0.2, 0.25) is 5.88 Å². The maximum atomic E-state index is 5.61. The molecule has 1 aromatic rings. The summed E-state index contributed by atoms with van der Waals surface area (Å²) in [5, 5.41) is 3.41. The number of rotatable bonds is 6. The van der Waals surface area contributed by atoms with Crippen molar-refractivity contribution in [2.75, 3.05) is 19.0 Å². The molecule has 0 fully saturated rings. The number of ether oxygens (including phenoxy) is 1. The highest BCUT2D eigenvalue weighted by Gasteiger charge is 2.21. The normalized spacial score (nSPS) is 14.2. The Kier molecular flexibility index (Phi) is 4.55. The summed E-state index contributed by atoms with van der Waals surface area (Å²) in [6.45, 7) is 4.96. The number of nitrogens with zero attached hydrogens (tertiary/aromatic N) is 1. The minimum atomic E-state index is -0.00584. The molecule has 1 aromatic heterocycles. The predicted octanol–water partition coefficient (Wildman–Crippen LogP) is 2.02. The molecule has 0 aromatic carbocycles. The van der Waals surface area contributed by atoms with Gasteiger partial charge in [0, 0.05) is 11.6 Å². The minimum Gasteiger partial charge on any atom is -0.481 e. The third kappa shape index (κ3) is 3.38. The molecule has 3 N–H and O–H groups in total. The van der Waals surface area contributed by atoms with E-state index in [0.29, 0.717) is 12.4 Å². The van der Waals surface area contributed by atoms with Crippen LogP contribution in [0.25, 0.3) is 0 Å². The maximum absolute atomic E-state index is 5.61. The van der Waals surface area contributed by atoms with Gasteiger partial charge in [0.05, 0.1) is 7.11 Å². The largest absolute Gasteiger partial charge is 0.481 e. The second kappa shape index (κ2) is 5.70. The van der Waals surface area contributed by atoms with E-state index in [9.17, 15) is 0 Å². The predicted molar refractivity (Wildman–Crippen MR) is 66.8 cm³/mol. The lowest BCUT2D eigenvalue weighted by atomic mass is 9.94. The molecule has 0 saturated heterocycles. The lowest BCUT2D eigenvalue weighted by Crippen LogP contribution is -2.36. The molecule has 1 atom stereocenters. The third-order valence-corrected chi connectivity index (χ3v) is 2.84. The molecule has 0 amide bonds. The van der Waals surface area contributed by atoms with Crippen molar-refractivity contribution < 1.29 is 4.74 Å². The summed E-state index contributed by atoms with van der Waals surface area (Å²) in [5.41, 5.74) is 5.61. The van der Waals surface area contributed by atoms with Crippen molar-refractivity contribution in [1.82, 2.24) is 4.98 Å². The van der Waals surface area contributed by atoms with Crippen LogP contribution < -0.4 is 15.8 Å². The second-order valence-corrected chi connectivity index (χ2v) is 4.14. The van der Waals surface area contributed by atoms with E-state index in [4.69, 9.17) is 10.5 Å². The first-order valence-corrected chi connectivity index (χ1v) is 5.63. The molecule has 90 valence electrons. The Morgan fingerprint density at radius 3 is 2.81 bits per heavy atom. The zero-order valence-corrected chi connectivity index (χ0v) is 10.3. The fraction of sp³-hybridized carbons (Fsp3) is 0.583. The quantitative estimate of drug-likeness (QED) is 0.774. The molecule has 1 unspecified atom stereocenters. The van der Waals surface area contributed by atoms with E-state index in [1.165, 1.54) is 0 Å². The summed E-state index contributed by atoms with van der Waals surface area (Å²) >= 11 is 0. The summed E-state index contributed by atoms with van der Waals surface area (Å²) < 4.78 is 5.09. The van der Waals surface area contributed by atoms with E-state index in [1.807, 2.05) is 18.2 Å². The van der Waals surface area contributed by atoms with E-state index >= 15 is 0 Å². The standard InChI is InChI=1S/C12H21N3O/c1-4-12(2,8-9-13)15-10-6-5-7-11(14-10)16-3/h5-7H,4,8-9,13H2,1-3H3,(H,14,15). The zero-order valence-electron chi connectivity index (χ0n) is 10.3. The monoisotopic (exact) mass is 223 g/mol. The first-order chi connectivity index (χ1) is 7.63. The fourth-order valence-corrected chi connectivity index (χ4v) is 1.55. The van der Waals surface area contributed by atoms with Gasteiger partial charge in [0.1, 0.15) is 5.82 Å². The third-order valence-electron chi connectivity index (χ3n) is 2.84. The van der Waals surface area contributed by atoms with Gasteiger partial charge in [0.25, 0.3) is 0 Å². The molecule has 0 bridgehead atoms. The zero-order chi connectivity index (χ0) is 12.0. The number of hydrogen-bond acceptors (Lipinski definition) is 4. The van der Waals surface area contributed by atoms with Gasteiger partial charge < -0.3 is 15.8 Å². The van der Waals surface area contributed by atoms with E-state index in [-0.39, 0.29) is 5.54 Å². The Hall–Kier alpha value is -1.29. The molecule has 0 spiro atoms. The summed E-state index contributed by atoms with van der Waals surface area (Å²) in [6, 6.07) is 5.69. The van der Waals surface area contributed by atoms with Crippen LogP contribution in [0.15, 0.2) is 18.2 Å². The Bertz CT molecular complexity index is 330. The van der Waals surface area contributed by atoms with Gasteiger partial charge in [-0.2, -0.15) is 4.98 Å². The summed E-state index contributed by atoms with van der Waals surface area (Å²) in [7, 11) is 1.62. The van der Waals surface area contributed by atoms with Crippen LogP contribution in [0.5, 0.6) is 5.88 Å². The lowest BCUT2D eigenvalue weighted by Gasteiger charge is -2.29. The maximum Gasteiger partial charge on any atom is 0.214 e. The van der Waals surface area contributed by atoms with Crippen LogP contribution in [0.4, 0.5) is 5.82 Å². The molecule has 4 heteroatoms. The Labute approximate surface area is 97.2 Å². The number of hydrogen-bond donors (Lipinski definition) is 2. The minimum absolute atomic E-state index is 0.00584. The SMILES string of the molecule is CCC(C)(CCN)Nc1cccc(OC)n1. The van der Waals surface area contributed by atoms with Gasteiger partial charge in [-0.15, -0.1) is 0 Å². The van der Waals surface area contributed by atoms with E-state index < -0.39 is 0 Å². The van der Waals surface area contributed by atoms with Crippen molar-refractivity contribution in [3.05, 3.63) is 18.2 Å². The molecule has 0 saturated carbocycles. The molecular formula is C12H21N3O. The van der Waals surface area contributed by atoms with Crippen molar-refractivity contribution in [2.24, 2.45) is 5.73 Å². The molecule has 0 aliphatic heterocycles. The number of aromatic nitrogens is 1. The van der Waals surface area contributed by atoms with E-state index in [0.717, 1.165) is 18.7 Å². The number of nitrogens with one attached hydrogen (secondary N) is 1. The Morgan fingerprint density at radius 2 is 2.25 bits per heavy atom. The number of methoxy groups -OCH3 is 1.